The normalized spacial score (nSPS) is 12.2. The van der Waals surface area contributed by atoms with Gasteiger partial charge in [-0.2, -0.15) is 0 Å². The molecule has 0 aliphatic carbocycles. The Morgan fingerprint density at radius 1 is 1.24 bits per heavy atom. The fourth-order valence-corrected chi connectivity index (χ4v) is 2.56. The standard InChI is InChI=1S/C16H22Cl3N3O2S/c1-3-4-5-10-13(23)21-14(16(17,18)19)22-15(25)20-11-8-6-7-9-12(11)24-2/h6-9,14H,3-5,10H2,1-2H3,(H,21,23)(H2,20,22,25)/t14-/m0/s1. The van der Waals surface area contributed by atoms with Crippen LogP contribution in [-0.2, 0) is 4.79 Å². The van der Waals surface area contributed by atoms with Crippen LogP contribution in [0.25, 0.3) is 0 Å². The first kappa shape index (κ1) is 22.1. The molecule has 3 N–H and O–H groups in total. The molecule has 0 aromatic heterocycles. The Morgan fingerprint density at radius 3 is 2.52 bits per heavy atom. The molecular weight excluding hydrogens is 405 g/mol. The van der Waals surface area contributed by atoms with Gasteiger partial charge in [0.25, 0.3) is 0 Å². The number of hydrogen-bond acceptors (Lipinski definition) is 3. The third-order valence-corrected chi connectivity index (χ3v) is 4.15. The summed E-state index contributed by atoms with van der Waals surface area (Å²) in [5.74, 6) is 0.401. The molecule has 0 radical (unpaired) electrons. The molecule has 5 nitrogen and oxygen atoms in total. The van der Waals surface area contributed by atoms with Gasteiger partial charge in [-0.3, -0.25) is 4.79 Å². The number of thiocarbonyl (C=S) groups is 1. The molecule has 1 atom stereocenters. The average molecular weight is 427 g/mol. The molecule has 140 valence electrons. The largest absolute Gasteiger partial charge is 0.495 e. The van der Waals surface area contributed by atoms with Crippen LogP contribution in [0, 0.1) is 0 Å². The molecule has 0 spiro atoms. The number of methoxy groups -OCH3 is 1. The van der Waals surface area contributed by atoms with E-state index < -0.39 is 9.96 Å². The summed E-state index contributed by atoms with van der Waals surface area (Å²) >= 11 is 23.1. The number of ether oxygens (including phenoxy) is 1. The first-order chi connectivity index (χ1) is 11.8. The van der Waals surface area contributed by atoms with E-state index in [0.29, 0.717) is 17.9 Å². The third kappa shape index (κ3) is 8.31. The number of amides is 1. The fourth-order valence-electron chi connectivity index (χ4n) is 2.01. The number of anilines is 1. The van der Waals surface area contributed by atoms with Crippen LogP contribution in [-0.4, -0.2) is 28.1 Å². The minimum atomic E-state index is -1.77. The van der Waals surface area contributed by atoms with Gasteiger partial charge in [0.05, 0.1) is 12.8 Å². The minimum absolute atomic E-state index is 0.190. The van der Waals surface area contributed by atoms with Gasteiger partial charge >= 0.3 is 0 Å². The van der Waals surface area contributed by atoms with Crippen LogP contribution in [0.2, 0.25) is 0 Å². The van der Waals surface area contributed by atoms with Crippen LogP contribution in [0.15, 0.2) is 24.3 Å². The summed E-state index contributed by atoms with van der Waals surface area (Å²) in [6, 6.07) is 7.24. The van der Waals surface area contributed by atoms with Gasteiger partial charge in [-0.25, -0.2) is 0 Å². The van der Waals surface area contributed by atoms with Gasteiger partial charge in [0, 0.05) is 6.42 Å². The highest BCUT2D eigenvalue weighted by Gasteiger charge is 2.34. The Balaban J connectivity index is 2.68. The highest BCUT2D eigenvalue weighted by Crippen LogP contribution is 2.29. The van der Waals surface area contributed by atoms with Crippen molar-refractivity contribution in [3.05, 3.63) is 24.3 Å². The van der Waals surface area contributed by atoms with E-state index >= 15 is 0 Å². The molecule has 1 amide bonds. The minimum Gasteiger partial charge on any atom is -0.495 e. The molecule has 1 aromatic carbocycles. The third-order valence-electron chi connectivity index (χ3n) is 3.27. The predicted octanol–water partition coefficient (Wildman–Crippen LogP) is 4.37. The Kier molecular flexibility index (Phi) is 9.64. The van der Waals surface area contributed by atoms with Gasteiger partial charge in [-0.05, 0) is 30.8 Å². The van der Waals surface area contributed by atoms with Crippen LogP contribution in [0.4, 0.5) is 5.69 Å². The van der Waals surface area contributed by atoms with Crippen molar-refractivity contribution in [3.8, 4) is 5.75 Å². The average Bonchev–Trinajstić information content (AvgIpc) is 2.54. The predicted molar refractivity (Wildman–Crippen MR) is 109 cm³/mol. The lowest BCUT2D eigenvalue weighted by molar-refractivity contribution is -0.122. The molecule has 0 saturated carbocycles. The highest BCUT2D eigenvalue weighted by molar-refractivity contribution is 7.80. The highest BCUT2D eigenvalue weighted by atomic mass is 35.6. The summed E-state index contributed by atoms with van der Waals surface area (Å²) in [7, 11) is 1.55. The number of halogens is 3. The van der Waals surface area contributed by atoms with Gasteiger partial charge < -0.3 is 20.7 Å². The van der Waals surface area contributed by atoms with Crippen molar-refractivity contribution in [2.24, 2.45) is 0 Å². The Labute approximate surface area is 168 Å². The van der Waals surface area contributed by atoms with E-state index in [2.05, 4.69) is 22.9 Å². The summed E-state index contributed by atoms with van der Waals surface area (Å²) < 4.78 is 3.47. The number of unbranched alkanes of at least 4 members (excludes halogenated alkanes) is 2. The lowest BCUT2D eigenvalue weighted by Gasteiger charge is -2.28. The molecule has 1 aromatic rings. The van der Waals surface area contributed by atoms with Gasteiger partial charge in [0.1, 0.15) is 11.9 Å². The number of rotatable bonds is 8. The van der Waals surface area contributed by atoms with Gasteiger partial charge in [0.2, 0.25) is 9.70 Å². The summed E-state index contributed by atoms with van der Waals surface area (Å²) in [6.45, 7) is 2.06. The maximum Gasteiger partial charge on any atom is 0.228 e. The molecule has 0 bridgehead atoms. The van der Waals surface area contributed by atoms with E-state index in [1.165, 1.54) is 0 Å². The van der Waals surface area contributed by atoms with Crippen molar-refractivity contribution in [1.29, 1.82) is 0 Å². The molecule has 0 fully saturated rings. The number of benzene rings is 1. The summed E-state index contributed by atoms with van der Waals surface area (Å²) in [6.07, 6.45) is 2.15. The zero-order valence-corrected chi connectivity index (χ0v) is 17.2. The van der Waals surface area contributed by atoms with Gasteiger partial charge in [0.15, 0.2) is 5.11 Å². The van der Waals surface area contributed by atoms with E-state index in [9.17, 15) is 4.79 Å². The molecule has 0 heterocycles. The van der Waals surface area contributed by atoms with Crippen molar-refractivity contribution >= 4 is 63.7 Å². The van der Waals surface area contributed by atoms with Crippen LogP contribution in [0.3, 0.4) is 0 Å². The zero-order chi connectivity index (χ0) is 18.9. The molecule has 0 aliphatic rings. The van der Waals surface area contributed by atoms with Crippen LogP contribution < -0.4 is 20.7 Å². The molecule has 0 saturated heterocycles. The smallest absolute Gasteiger partial charge is 0.228 e. The quantitative estimate of drug-likeness (QED) is 0.249. The zero-order valence-electron chi connectivity index (χ0n) is 14.1. The van der Waals surface area contributed by atoms with E-state index in [4.69, 9.17) is 51.8 Å². The molecule has 9 heteroatoms. The van der Waals surface area contributed by atoms with Crippen LogP contribution in [0.1, 0.15) is 32.6 Å². The fraction of sp³-hybridized carbons (Fsp3) is 0.500. The van der Waals surface area contributed by atoms with Gasteiger partial charge in [-0.15, -0.1) is 0 Å². The Bertz CT molecular complexity index is 582. The summed E-state index contributed by atoms with van der Waals surface area (Å²) in [5.41, 5.74) is 0.653. The number of carbonyl (C=O) groups is 1. The van der Waals surface area contributed by atoms with E-state index in [1.807, 2.05) is 12.1 Å². The van der Waals surface area contributed by atoms with Crippen LogP contribution in [0.5, 0.6) is 5.75 Å². The second-order valence-corrected chi connectivity index (χ2v) is 8.08. The van der Waals surface area contributed by atoms with E-state index in [1.54, 1.807) is 19.2 Å². The lowest BCUT2D eigenvalue weighted by atomic mass is 10.2. The molecular formula is C16H22Cl3N3O2S. The van der Waals surface area contributed by atoms with Crippen LogP contribution >= 0.6 is 47.0 Å². The van der Waals surface area contributed by atoms with Crippen molar-refractivity contribution in [2.45, 2.75) is 42.6 Å². The number of nitrogens with one attached hydrogen (secondary N) is 3. The van der Waals surface area contributed by atoms with Crippen molar-refractivity contribution < 1.29 is 9.53 Å². The topological polar surface area (TPSA) is 62.4 Å². The van der Waals surface area contributed by atoms with Crippen molar-refractivity contribution in [2.75, 3.05) is 12.4 Å². The Morgan fingerprint density at radius 2 is 1.92 bits per heavy atom. The lowest BCUT2D eigenvalue weighted by Crippen LogP contribution is -2.56. The molecule has 1 rings (SSSR count). The maximum absolute atomic E-state index is 12.0. The molecule has 25 heavy (non-hydrogen) atoms. The second kappa shape index (κ2) is 10.9. The first-order valence-corrected chi connectivity index (χ1v) is 9.38. The van der Waals surface area contributed by atoms with Gasteiger partial charge in [-0.1, -0.05) is 66.7 Å². The number of para-hydroxylation sites is 2. The van der Waals surface area contributed by atoms with Crippen molar-refractivity contribution in [1.82, 2.24) is 10.6 Å². The SMILES string of the molecule is CCCCCC(=O)N[C@@H](NC(=S)Nc1ccccc1OC)C(Cl)(Cl)Cl. The summed E-state index contributed by atoms with van der Waals surface area (Å²) in [5, 5.41) is 8.62. The second-order valence-electron chi connectivity index (χ2n) is 5.30. The molecule has 0 aliphatic heterocycles. The summed E-state index contributed by atoms with van der Waals surface area (Å²) in [4.78, 5) is 12.0. The van der Waals surface area contributed by atoms with E-state index in [-0.39, 0.29) is 11.0 Å². The number of hydrogen-bond donors (Lipinski definition) is 3. The number of alkyl halides is 3. The Hall–Kier alpha value is -0.950. The maximum atomic E-state index is 12.0. The first-order valence-electron chi connectivity index (χ1n) is 7.84. The monoisotopic (exact) mass is 425 g/mol. The van der Waals surface area contributed by atoms with E-state index in [0.717, 1.165) is 19.3 Å². The molecule has 0 unspecified atom stereocenters. The number of carbonyl (C=O) groups excluding carboxylic acids is 1. The van der Waals surface area contributed by atoms with Crippen molar-refractivity contribution in [3.63, 3.8) is 0 Å².